The van der Waals surface area contributed by atoms with Crippen LogP contribution in [0, 0.1) is 0 Å². The summed E-state index contributed by atoms with van der Waals surface area (Å²) in [5, 5.41) is 15.9. The number of aromatic hydroxyl groups is 1. The van der Waals surface area contributed by atoms with E-state index in [0.29, 0.717) is 12.1 Å². The van der Waals surface area contributed by atoms with E-state index >= 15 is 0 Å². The lowest BCUT2D eigenvalue weighted by atomic mass is 10.1. The molecule has 0 aliphatic heterocycles. The van der Waals surface area contributed by atoms with E-state index < -0.39 is 0 Å². The summed E-state index contributed by atoms with van der Waals surface area (Å²) < 4.78 is 0. The number of phenols is 1. The quantitative estimate of drug-likeness (QED) is 0.632. The first-order chi connectivity index (χ1) is 12.6. The lowest BCUT2D eigenvalue weighted by Crippen LogP contribution is -2.18. The van der Waals surface area contributed by atoms with Crippen molar-refractivity contribution in [2.45, 2.75) is 19.5 Å². The summed E-state index contributed by atoms with van der Waals surface area (Å²) in [7, 11) is 0. The predicted molar refractivity (Wildman–Crippen MR) is 102 cm³/mol. The van der Waals surface area contributed by atoms with E-state index in [1.54, 1.807) is 36.7 Å². The molecule has 0 bridgehead atoms. The molecule has 3 aromatic rings. The monoisotopic (exact) mass is 347 g/mol. The molecule has 2 aromatic carbocycles. The summed E-state index contributed by atoms with van der Waals surface area (Å²) in [4.78, 5) is 16.1. The van der Waals surface area contributed by atoms with Crippen molar-refractivity contribution < 1.29 is 9.90 Å². The topological polar surface area (TPSA) is 74.2 Å². The number of phenolic OH excluding ortho intramolecular Hbond substituents is 1. The maximum absolute atomic E-state index is 12.2. The van der Waals surface area contributed by atoms with Crippen molar-refractivity contribution >= 4 is 11.6 Å². The number of nitrogens with zero attached hydrogens (tertiary/aromatic N) is 1. The molecule has 0 spiro atoms. The molecule has 3 rings (SSSR count). The molecule has 0 fully saturated rings. The Morgan fingerprint density at radius 1 is 1.08 bits per heavy atom. The van der Waals surface area contributed by atoms with Crippen molar-refractivity contribution in [2.24, 2.45) is 0 Å². The van der Waals surface area contributed by atoms with Gasteiger partial charge in [0.25, 0.3) is 5.91 Å². The van der Waals surface area contributed by atoms with E-state index in [1.807, 2.05) is 43.3 Å². The Labute approximate surface area is 152 Å². The third kappa shape index (κ3) is 4.68. The van der Waals surface area contributed by atoms with Crippen LogP contribution in [0.2, 0.25) is 0 Å². The molecule has 132 valence electrons. The smallest absolute Gasteiger partial charge is 0.255 e. The van der Waals surface area contributed by atoms with E-state index in [0.717, 1.165) is 16.8 Å². The van der Waals surface area contributed by atoms with Crippen LogP contribution in [0.4, 0.5) is 5.69 Å². The van der Waals surface area contributed by atoms with Crippen molar-refractivity contribution in [2.75, 3.05) is 5.32 Å². The highest BCUT2D eigenvalue weighted by atomic mass is 16.3. The SMILES string of the molecule is C[C@@H](NCc1cccc(NC(=O)c2ccncc2)c1)c1cccc(O)c1. The van der Waals surface area contributed by atoms with Gasteiger partial charge in [0.05, 0.1) is 0 Å². The van der Waals surface area contributed by atoms with E-state index in [1.165, 1.54) is 0 Å². The van der Waals surface area contributed by atoms with Crippen LogP contribution >= 0.6 is 0 Å². The van der Waals surface area contributed by atoms with Crippen LogP contribution in [-0.2, 0) is 6.54 Å². The first-order valence-corrected chi connectivity index (χ1v) is 8.44. The fourth-order valence-corrected chi connectivity index (χ4v) is 2.65. The normalized spacial score (nSPS) is 11.7. The van der Waals surface area contributed by atoms with Gasteiger partial charge in [0.15, 0.2) is 0 Å². The van der Waals surface area contributed by atoms with Gasteiger partial charge in [-0.15, -0.1) is 0 Å². The first kappa shape index (κ1) is 17.6. The molecule has 0 unspecified atom stereocenters. The summed E-state index contributed by atoms with van der Waals surface area (Å²) in [6.45, 7) is 2.69. The fourth-order valence-electron chi connectivity index (χ4n) is 2.65. The number of benzene rings is 2. The largest absolute Gasteiger partial charge is 0.508 e. The molecule has 0 aliphatic carbocycles. The highest BCUT2D eigenvalue weighted by molar-refractivity contribution is 6.04. The average molecular weight is 347 g/mol. The minimum absolute atomic E-state index is 0.0946. The third-order valence-electron chi connectivity index (χ3n) is 4.11. The third-order valence-corrected chi connectivity index (χ3v) is 4.11. The molecular weight excluding hydrogens is 326 g/mol. The van der Waals surface area contributed by atoms with Gasteiger partial charge in [-0.3, -0.25) is 9.78 Å². The highest BCUT2D eigenvalue weighted by Crippen LogP contribution is 2.19. The van der Waals surface area contributed by atoms with Gasteiger partial charge in [-0.2, -0.15) is 0 Å². The standard InChI is InChI=1S/C21H21N3O2/c1-15(18-5-3-7-20(25)13-18)23-14-16-4-2-6-19(12-16)24-21(26)17-8-10-22-11-9-17/h2-13,15,23,25H,14H2,1H3,(H,24,26)/t15-/m1/s1. The van der Waals surface area contributed by atoms with Crippen molar-refractivity contribution in [3.63, 3.8) is 0 Å². The molecule has 1 amide bonds. The molecule has 0 saturated carbocycles. The Kier molecular flexibility index (Phi) is 5.61. The number of hydrogen-bond donors (Lipinski definition) is 3. The molecule has 0 aliphatic rings. The second-order valence-corrected chi connectivity index (χ2v) is 6.09. The molecule has 1 aromatic heterocycles. The van der Waals surface area contributed by atoms with Crippen molar-refractivity contribution in [3.8, 4) is 5.75 Å². The molecule has 0 radical (unpaired) electrons. The number of carbonyl (C=O) groups is 1. The highest BCUT2D eigenvalue weighted by Gasteiger charge is 2.08. The summed E-state index contributed by atoms with van der Waals surface area (Å²) in [5.74, 6) is 0.0996. The second-order valence-electron chi connectivity index (χ2n) is 6.09. The zero-order chi connectivity index (χ0) is 18.4. The van der Waals surface area contributed by atoms with Crippen LogP contribution in [-0.4, -0.2) is 16.0 Å². The lowest BCUT2D eigenvalue weighted by Gasteiger charge is -2.15. The van der Waals surface area contributed by atoms with Crippen LogP contribution in [0.5, 0.6) is 5.75 Å². The van der Waals surface area contributed by atoms with E-state index in [4.69, 9.17) is 0 Å². The Hall–Kier alpha value is -3.18. The van der Waals surface area contributed by atoms with Crippen molar-refractivity contribution in [1.29, 1.82) is 0 Å². The molecule has 5 heteroatoms. The molecule has 5 nitrogen and oxygen atoms in total. The number of pyridine rings is 1. The Morgan fingerprint density at radius 2 is 1.85 bits per heavy atom. The van der Waals surface area contributed by atoms with Gasteiger partial charge in [0.1, 0.15) is 5.75 Å². The van der Waals surface area contributed by atoms with Crippen molar-refractivity contribution in [3.05, 3.63) is 89.7 Å². The average Bonchev–Trinajstić information content (AvgIpc) is 2.67. The zero-order valence-corrected chi connectivity index (χ0v) is 14.5. The Bertz CT molecular complexity index is 881. The molecule has 26 heavy (non-hydrogen) atoms. The van der Waals surface area contributed by atoms with Gasteiger partial charge in [-0.1, -0.05) is 24.3 Å². The minimum Gasteiger partial charge on any atom is -0.508 e. The molecular formula is C21H21N3O2. The van der Waals surface area contributed by atoms with Crippen LogP contribution in [0.1, 0.15) is 34.5 Å². The summed E-state index contributed by atoms with van der Waals surface area (Å²) in [6, 6.07) is 18.4. The molecule has 3 N–H and O–H groups in total. The number of rotatable bonds is 6. The van der Waals surface area contributed by atoms with Gasteiger partial charge in [0, 0.05) is 36.2 Å². The first-order valence-electron chi connectivity index (χ1n) is 8.44. The number of anilines is 1. The predicted octanol–water partition coefficient (Wildman–Crippen LogP) is 3.89. The zero-order valence-electron chi connectivity index (χ0n) is 14.5. The molecule has 0 saturated heterocycles. The minimum atomic E-state index is -0.161. The van der Waals surface area contributed by atoms with Crippen LogP contribution in [0.15, 0.2) is 73.1 Å². The fraction of sp³-hybridized carbons (Fsp3) is 0.143. The Morgan fingerprint density at radius 3 is 2.62 bits per heavy atom. The summed E-state index contributed by atoms with van der Waals surface area (Å²) >= 11 is 0. The molecule has 1 heterocycles. The molecule has 1 atom stereocenters. The lowest BCUT2D eigenvalue weighted by molar-refractivity contribution is 0.102. The maximum atomic E-state index is 12.2. The van der Waals surface area contributed by atoms with Crippen molar-refractivity contribution in [1.82, 2.24) is 10.3 Å². The van der Waals surface area contributed by atoms with Gasteiger partial charge in [-0.25, -0.2) is 0 Å². The van der Waals surface area contributed by atoms with Gasteiger partial charge in [-0.05, 0) is 54.4 Å². The number of amides is 1. The van der Waals surface area contributed by atoms with E-state index in [9.17, 15) is 9.90 Å². The summed E-state index contributed by atoms with van der Waals surface area (Å²) in [5.41, 5.74) is 3.40. The maximum Gasteiger partial charge on any atom is 0.255 e. The number of carbonyl (C=O) groups excluding carboxylic acids is 1. The van der Waals surface area contributed by atoms with Gasteiger partial charge in [0.2, 0.25) is 0 Å². The van der Waals surface area contributed by atoms with Crippen LogP contribution < -0.4 is 10.6 Å². The second kappa shape index (κ2) is 8.27. The number of nitrogens with one attached hydrogen (secondary N) is 2. The van der Waals surface area contributed by atoms with E-state index in [-0.39, 0.29) is 17.7 Å². The summed E-state index contributed by atoms with van der Waals surface area (Å²) in [6.07, 6.45) is 3.19. The van der Waals surface area contributed by atoms with Gasteiger partial charge < -0.3 is 15.7 Å². The number of aromatic nitrogens is 1. The Balaban J connectivity index is 1.61. The van der Waals surface area contributed by atoms with Crippen LogP contribution in [0.3, 0.4) is 0 Å². The van der Waals surface area contributed by atoms with Crippen LogP contribution in [0.25, 0.3) is 0 Å². The van der Waals surface area contributed by atoms with Gasteiger partial charge >= 0.3 is 0 Å². The number of hydrogen-bond acceptors (Lipinski definition) is 4. The van der Waals surface area contributed by atoms with E-state index in [2.05, 4.69) is 15.6 Å².